The molecule has 10 nitrogen and oxygen atoms in total. The molecule has 3 amide bonds. The minimum atomic E-state index is -0.880. The van der Waals surface area contributed by atoms with Crippen LogP contribution in [0.25, 0.3) is 10.8 Å². The molecular formula is C16H17N5O5. The van der Waals surface area contributed by atoms with Gasteiger partial charge in [-0.05, 0) is 12.5 Å². The Hall–Kier alpha value is -3.43. The van der Waals surface area contributed by atoms with E-state index in [1.54, 1.807) is 18.2 Å². The molecule has 136 valence electrons. The van der Waals surface area contributed by atoms with Crippen LogP contribution in [0, 0.1) is 0 Å². The smallest absolute Gasteiger partial charge is 0.404 e. The molecule has 1 aromatic heterocycles. The molecule has 1 atom stereocenters. The molecule has 0 bridgehead atoms. The number of hydrogen-bond donors (Lipinski definition) is 3. The van der Waals surface area contributed by atoms with Crippen molar-refractivity contribution in [2.45, 2.75) is 18.9 Å². The summed E-state index contributed by atoms with van der Waals surface area (Å²) >= 11 is 0. The highest BCUT2D eigenvalue weighted by Gasteiger charge is 2.30. The van der Waals surface area contributed by atoms with E-state index < -0.39 is 23.6 Å². The van der Waals surface area contributed by atoms with Crippen LogP contribution in [0.3, 0.4) is 0 Å². The fourth-order valence-electron chi connectivity index (χ4n) is 2.83. The molecule has 0 aliphatic carbocycles. The summed E-state index contributed by atoms with van der Waals surface area (Å²) in [6, 6.07) is 4.33. The van der Waals surface area contributed by atoms with Crippen molar-refractivity contribution in [3.8, 4) is 0 Å². The summed E-state index contributed by atoms with van der Waals surface area (Å²) in [6.07, 6.45) is 0.970. The van der Waals surface area contributed by atoms with Crippen LogP contribution in [0.2, 0.25) is 0 Å². The van der Waals surface area contributed by atoms with Crippen molar-refractivity contribution in [2.24, 2.45) is 5.73 Å². The maximum absolute atomic E-state index is 12.9. The van der Waals surface area contributed by atoms with Gasteiger partial charge >= 0.3 is 6.09 Å². The lowest BCUT2D eigenvalue weighted by Gasteiger charge is -2.22. The molecule has 0 radical (unpaired) electrons. The number of carbonyl (C=O) groups excluding carboxylic acids is 3. The van der Waals surface area contributed by atoms with Gasteiger partial charge in [0.05, 0.1) is 11.6 Å². The maximum Gasteiger partial charge on any atom is 0.404 e. The zero-order valence-corrected chi connectivity index (χ0v) is 13.7. The first kappa shape index (κ1) is 17.4. The number of primary amides is 1. The molecule has 10 heteroatoms. The Morgan fingerprint density at radius 2 is 2.19 bits per heavy atom. The van der Waals surface area contributed by atoms with Crippen LogP contribution in [-0.4, -0.2) is 40.8 Å². The van der Waals surface area contributed by atoms with Crippen molar-refractivity contribution < 1.29 is 19.1 Å². The van der Waals surface area contributed by atoms with Gasteiger partial charge in [-0.3, -0.25) is 19.7 Å². The average molecular weight is 359 g/mol. The number of fused-ring (bicyclic) bond motifs is 1. The number of nitrogens with two attached hydrogens (primary N) is 1. The van der Waals surface area contributed by atoms with Crippen molar-refractivity contribution in [2.75, 3.05) is 18.5 Å². The van der Waals surface area contributed by atoms with Crippen molar-refractivity contribution in [3.63, 3.8) is 0 Å². The van der Waals surface area contributed by atoms with Crippen LogP contribution < -0.4 is 21.9 Å². The predicted octanol–water partition coefficient (Wildman–Crippen LogP) is -0.119. The number of piperidine rings is 1. The number of benzene rings is 1. The summed E-state index contributed by atoms with van der Waals surface area (Å²) in [7, 11) is 0. The van der Waals surface area contributed by atoms with Gasteiger partial charge in [0.25, 0.3) is 11.5 Å². The first-order chi connectivity index (χ1) is 12.5. The molecule has 0 spiro atoms. The van der Waals surface area contributed by atoms with Gasteiger partial charge in [-0.15, -0.1) is 0 Å². The van der Waals surface area contributed by atoms with Crippen molar-refractivity contribution in [3.05, 3.63) is 34.7 Å². The van der Waals surface area contributed by atoms with Crippen molar-refractivity contribution in [1.29, 1.82) is 0 Å². The van der Waals surface area contributed by atoms with Crippen LogP contribution in [0.4, 0.5) is 10.5 Å². The highest BCUT2D eigenvalue weighted by molar-refractivity contribution is 5.99. The van der Waals surface area contributed by atoms with Crippen LogP contribution in [0.5, 0.6) is 0 Å². The Morgan fingerprint density at radius 1 is 1.38 bits per heavy atom. The Bertz CT molecular complexity index is 938. The fourth-order valence-corrected chi connectivity index (χ4v) is 2.83. The van der Waals surface area contributed by atoms with Crippen molar-refractivity contribution in [1.82, 2.24) is 15.1 Å². The Balaban J connectivity index is 1.93. The number of aromatic nitrogens is 2. The van der Waals surface area contributed by atoms with Gasteiger partial charge < -0.3 is 15.8 Å². The lowest BCUT2D eigenvalue weighted by Crippen LogP contribution is -2.45. The van der Waals surface area contributed by atoms with E-state index in [1.165, 1.54) is 6.20 Å². The van der Waals surface area contributed by atoms with Gasteiger partial charge in [0.15, 0.2) is 0 Å². The minimum Gasteiger partial charge on any atom is -0.448 e. The molecule has 3 rings (SSSR count). The van der Waals surface area contributed by atoms with Gasteiger partial charge in [-0.1, -0.05) is 12.1 Å². The van der Waals surface area contributed by atoms with Gasteiger partial charge in [-0.2, -0.15) is 5.10 Å². The topological polar surface area (TPSA) is 145 Å². The molecule has 1 unspecified atom stereocenters. The number of carbonyl (C=O) groups is 3. The predicted molar refractivity (Wildman–Crippen MR) is 91.4 cm³/mol. The number of nitrogens with zero attached hydrogens (tertiary/aromatic N) is 2. The number of amides is 3. The highest BCUT2D eigenvalue weighted by Crippen LogP contribution is 2.21. The lowest BCUT2D eigenvalue weighted by molar-refractivity contribution is -0.136. The molecule has 1 fully saturated rings. The molecule has 1 aromatic carbocycles. The summed E-state index contributed by atoms with van der Waals surface area (Å²) in [5.41, 5.74) is 4.97. The second-order valence-corrected chi connectivity index (χ2v) is 5.73. The van der Waals surface area contributed by atoms with Crippen LogP contribution >= 0.6 is 0 Å². The maximum atomic E-state index is 12.9. The molecule has 2 aromatic rings. The number of anilines is 1. The molecule has 4 N–H and O–H groups in total. The molecule has 1 aliphatic rings. The second-order valence-electron chi connectivity index (χ2n) is 5.73. The summed E-state index contributed by atoms with van der Waals surface area (Å²) in [5, 5.41) is 10.3. The van der Waals surface area contributed by atoms with Gasteiger partial charge in [-0.25, -0.2) is 9.48 Å². The first-order valence-electron chi connectivity index (χ1n) is 7.97. The van der Waals surface area contributed by atoms with Crippen LogP contribution in [-0.2, 0) is 14.3 Å². The molecular weight excluding hydrogens is 342 g/mol. The third kappa shape index (κ3) is 3.48. The van der Waals surface area contributed by atoms with E-state index in [-0.39, 0.29) is 31.9 Å². The van der Waals surface area contributed by atoms with E-state index in [4.69, 9.17) is 5.73 Å². The van der Waals surface area contributed by atoms with Crippen molar-refractivity contribution >= 4 is 34.4 Å². The monoisotopic (exact) mass is 359 g/mol. The zero-order chi connectivity index (χ0) is 18.7. The number of nitrogens with one attached hydrogen (secondary N) is 2. The lowest BCUT2D eigenvalue weighted by atomic mass is 10.1. The average Bonchev–Trinajstić information content (AvgIpc) is 2.59. The SMILES string of the molecule is NC(=O)OCCNc1cccc2cnn(C3CCC(=O)NC3=O)c(=O)c12. The van der Waals surface area contributed by atoms with E-state index in [1.807, 2.05) is 0 Å². The third-order valence-electron chi connectivity index (χ3n) is 4.01. The third-order valence-corrected chi connectivity index (χ3v) is 4.01. The molecule has 2 heterocycles. The number of rotatable bonds is 5. The summed E-state index contributed by atoms with van der Waals surface area (Å²) in [5.74, 6) is -0.910. The fraction of sp³-hybridized carbons (Fsp3) is 0.312. The van der Waals surface area contributed by atoms with Crippen LogP contribution in [0.1, 0.15) is 18.9 Å². The normalized spacial score (nSPS) is 17.0. The number of hydrogen-bond acceptors (Lipinski definition) is 7. The number of ether oxygens (including phenoxy) is 1. The molecule has 1 aliphatic heterocycles. The molecule has 26 heavy (non-hydrogen) atoms. The second kappa shape index (κ2) is 7.21. The minimum absolute atomic E-state index is 0.0398. The quantitative estimate of drug-likeness (QED) is 0.498. The highest BCUT2D eigenvalue weighted by atomic mass is 16.5. The van der Waals surface area contributed by atoms with Gasteiger partial charge in [0, 0.05) is 24.0 Å². The van der Waals surface area contributed by atoms with E-state index in [9.17, 15) is 19.2 Å². The summed E-state index contributed by atoms with van der Waals surface area (Å²) in [6.45, 7) is 0.292. The Morgan fingerprint density at radius 3 is 2.92 bits per heavy atom. The van der Waals surface area contributed by atoms with E-state index >= 15 is 0 Å². The Kier molecular flexibility index (Phi) is 4.83. The first-order valence-corrected chi connectivity index (χ1v) is 7.97. The van der Waals surface area contributed by atoms with E-state index in [0.717, 1.165) is 4.68 Å². The Labute approximate surface area is 147 Å². The molecule has 0 saturated carbocycles. The number of imide groups is 1. The standard InChI is InChI=1S/C16H17N5O5/c17-16(25)26-7-6-18-10-3-1-2-9-8-19-21(15(24)13(9)10)11-4-5-12(22)20-14(11)23/h1-3,8,11,18H,4-7H2,(H2,17,25)(H,20,22,23). The molecule has 1 saturated heterocycles. The van der Waals surface area contributed by atoms with Gasteiger partial charge in [0.2, 0.25) is 5.91 Å². The summed E-state index contributed by atoms with van der Waals surface area (Å²) < 4.78 is 5.74. The van der Waals surface area contributed by atoms with E-state index in [0.29, 0.717) is 16.5 Å². The zero-order valence-electron chi connectivity index (χ0n) is 13.7. The van der Waals surface area contributed by atoms with E-state index in [2.05, 4.69) is 20.5 Å². The summed E-state index contributed by atoms with van der Waals surface area (Å²) in [4.78, 5) is 46.9. The van der Waals surface area contributed by atoms with Crippen LogP contribution in [0.15, 0.2) is 29.2 Å². The largest absolute Gasteiger partial charge is 0.448 e. The van der Waals surface area contributed by atoms with Gasteiger partial charge in [0.1, 0.15) is 12.6 Å².